The number of carbonyl (C=O) groups is 1. The highest BCUT2D eigenvalue weighted by atomic mass is 35.5. The normalized spacial score (nSPS) is 38.6. The average molecular weight is 291 g/mol. The maximum atomic E-state index is 12.3. The number of halogens is 1. The zero-order valence-corrected chi connectivity index (χ0v) is 12.9. The summed E-state index contributed by atoms with van der Waals surface area (Å²) >= 11 is 0. The van der Waals surface area contributed by atoms with E-state index < -0.39 is 0 Å². The lowest BCUT2D eigenvalue weighted by Gasteiger charge is -2.37. The molecule has 1 heterocycles. The number of hydrogen-bond donors (Lipinski definition) is 2. The first-order valence-corrected chi connectivity index (χ1v) is 7.07. The van der Waals surface area contributed by atoms with E-state index in [9.17, 15) is 4.79 Å². The van der Waals surface area contributed by atoms with Gasteiger partial charge in [-0.25, -0.2) is 0 Å². The predicted octanol–water partition coefficient (Wildman–Crippen LogP) is 1.86. The smallest absolute Gasteiger partial charge is 0.224 e. The van der Waals surface area contributed by atoms with Crippen molar-refractivity contribution in [3.8, 4) is 0 Å². The molecule has 4 nitrogen and oxygen atoms in total. The first-order valence-electron chi connectivity index (χ1n) is 7.07. The Balaban J connectivity index is 0.00000180. The second kappa shape index (κ2) is 6.42. The van der Waals surface area contributed by atoms with Crippen LogP contribution < -0.4 is 11.1 Å². The summed E-state index contributed by atoms with van der Waals surface area (Å²) in [4.78, 5) is 12.3. The van der Waals surface area contributed by atoms with Gasteiger partial charge in [0.2, 0.25) is 5.91 Å². The van der Waals surface area contributed by atoms with Crippen LogP contribution in [0.5, 0.6) is 0 Å². The lowest BCUT2D eigenvalue weighted by molar-refractivity contribution is -0.128. The highest BCUT2D eigenvalue weighted by molar-refractivity contribution is 5.85. The molecule has 3 unspecified atom stereocenters. The minimum absolute atomic E-state index is 0. The Kier molecular flexibility index (Phi) is 5.65. The van der Waals surface area contributed by atoms with Crippen molar-refractivity contribution < 1.29 is 9.53 Å². The highest BCUT2D eigenvalue weighted by Gasteiger charge is 2.38. The summed E-state index contributed by atoms with van der Waals surface area (Å²) in [7, 11) is 0. The second-order valence-electron chi connectivity index (χ2n) is 6.64. The van der Waals surface area contributed by atoms with Gasteiger partial charge in [-0.05, 0) is 26.2 Å². The fourth-order valence-corrected chi connectivity index (χ4v) is 3.06. The maximum Gasteiger partial charge on any atom is 0.224 e. The lowest BCUT2D eigenvalue weighted by Crippen LogP contribution is -2.53. The van der Waals surface area contributed by atoms with Crippen molar-refractivity contribution >= 4 is 18.3 Å². The third-order valence-electron chi connectivity index (χ3n) is 4.56. The minimum atomic E-state index is -0.338. The molecule has 0 aromatic heterocycles. The van der Waals surface area contributed by atoms with Gasteiger partial charge in [0.05, 0.1) is 12.5 Å². The van der Waals surface area contributed by atoms with Crippen LogP contribution in [-0.4, -0.2) is 31.2 Å². The lowest BCUT2D eigenvalue weighted by atomic mass is 9.74. The Morgan fingerprint density at radius 2 is 2.11 bits per heavy atom. The van der Waals surface area contributed by atoms with Crippen molar-refractivity contribution in [1.29, 1.82) is 0 Å². The van der Waals surface area contributed by atoms with Crippen molar-refractivity contribution in [1.82, 2.24) is 5.32 Å². The quantitative estimate of drug-likeness (QED) is 0.834. The monoisotopic (exact) mass is 290 g/mol. The molecule has 0 aromatic rings. The molecule has 1 saturated heterocycles. The predicted molar refractivity (Wildman–Crippen MR) is 78.4 cm³/mol. The standard InChI is InChI=1S/C14H26N2O2.ClH/c1-13(7-8-18-10-13)9-16-12(17)11-5-3-4-6-14(11,2)15;/h11H,3-10,15H2,1-2H3,(H,16,17);1H. The Labute approximate surface area is 122 Å². The fourth-order valence-electron chi connectivity index (χ4n) is 3.06. The Morgan fingerprint density at radius 3 is 2.68 bits per heavy atom. The van der Waals surface area contributed by atoms with E-state index in [-0.39, 0.29) is 35.2 Å². The molecule has 1 aliphatic heterocycles. The number of ether oxygens (including phenoxy) is 1. The molecule has 1 amide bonds. The van der Waals surface area contributed by atoms with E-state index in [0.29, 0.717) is 6.54 Å². The van der Waals surface area contributed by atoms with Gasteiger partial charge in [0.25, 0.3) is 0 Å². The van der Waals surface area contributed by atoms with Crippen LogP contribution in [-0.2, 0) is 9.53 Å². The van der Waals surface area contributed by atoms with Crippen LogP contribution in [0.4, 0.5) is 0 Å². The van der Waals surface area contributed by atoms with Crippen molar-refractivity contribution in [2.45, 2.75) is 51.5 Å². The molecule has 1 aliphatic carbocycles. The summed E-state index contributed by atoms with van der Waals surface area (Å²) in [6.07, 6.45) is 5.16. The van der Waals surface area contributed by atoms with Gasteiger partial charge in [-0.1, -0.05) is 19.8 Å². The van der Waals surface area contributed by atoms with Gasteiger partial charge >= 0.3 is 0 Å². The Bertz CT molecular complexity index is 315. The topological polar surface area (TPSA) is 64.4 Å². The van der Waals surface area contributed by atoms with Crippen LogP contribution in [0, 0.1) is 11.3 Å². The molecular weight excluding hydrogens is 264 g/mol. The summed E-state index contributed by atoms with van der Waals surface area (Å²) in [5, 5.41) is 3.09. The van der Waals surface area contributed by atoms with Gasteiger partial charge in [-0.15, -0.1) is 12.4 Å². The molecule has 2 aliphatic rings. The summed E-state index contributed by atoms with van der Waals surface area (Å²) in [6.45, 7) is 6.44. The zero-order chi connectivity index (χ0) is 13.2. The van der Waals surface area contributed by atoms with Gasteiger partial charge in [-0.2, -0.15) is 0 Å². The number of nitrogens with one attached hydrogen (secondary N) is 1. The Morgan fingerprint density at radius 1 is 1.37 bits per heavy atom. The zero-order valence-electron chi connectivity index (χ0n) is 12.0. The first kappa shape index (κ1) is 16.7. The van der Waals surface area contributed by atoms with Crippen LogP contribution in [0.1, 0.15) is 46.0 Å². The van der Waals surface area contributed by atoms with Crippen molar-refractivity contribution in [2.24, 2.45) is 17.1 Å². The van der Waals surface area contributed by atoms with Crippen LogP contribution in [0.2, 0.25) is 0 Å². The summed E-state index contributed by atoms with van der Waals surface area (Å²) in [6, 6.07) is 0. The van der Waals surface area contributed by atoms with Crippen LogP contribution in [0.25, 0.3) is 0 Å². The molecule has 0 bridgehead atoms. The summed E-state index contributed by atoms with van der Waals surface area (Å²) in [5.74, 6) is 0.102. The molecular formula is C14H27ClN2O2. The maximum absolute atomic E-state index is 12.3. The van der Waals surface area contributed by atoms with E-state index >= 15 is 0 Å². The highest BCUT2D eigenvalue weighted by Crippen LogP contribution is 2.32. The molecule has 112 valence electrons. The molecule has 0 spiro atoms. The number of carbonyl (C=O) groups excluding carboxylic acids is 1. The molecule has 19 heavy (non-hydrogen) atoms. The summed E-state index contributed by atoms with van der Waals surface area (Å²) in [5.41, 5.74) is 6.02. The average Bonchev–Trinajstić information content (AvgIpc) is 2.73. The van der Waals surface area contributed by atoms with E-state index in [1.165, 1.54) is 0 Å². The SMILES string of the molecule is CC1(CNC(=O)C2CCCCC2(C)N)CCOC1.Cl. The van der Waals surface area contributed by atoms with Gasteiger partial charge in [0, 0.05) is 24.1 Å². The molecule has 1 saturated carbocycles. The van der Waals surface area contributed by atoms with E-state index in [2.05, 4.69) is 12.2 Å². The molecule has 0 aromatic carbocycles. The molecule has 2 rings (SSSR count). The molecule has 2 fully saturated rings. The Hall–Kier alpha value is -0.320. The van der Waals surface area contributed by atoms with Crippen molar-refractivity contribution in [3.05, 3.63) is 0 Å². The van der Waals surface area contributed by atoms with E-state index in [4.69, 9.17) is 10.5 Å². The van der Waals surface area contributed by atoms with Gasteiger partial charge in [0.15, 0.2) is 0 Å². The van der Waals surface area contributed by atoms with Gasteiger partial charge < -0.3 is 15.8 Å². The first-order chi connectivity index (χ1) is 8.43. The number of rotatable bonds is 3. The van der Waals surface area contributed by atoms with Gasteiger partial charge in [-0.3, -0.25) is 4.79 Å². The third kappa shape index (κ3) is 4.07. The number of amides is 1. The molecule has 3 N–H and O–H groups in total. The largest absolute Gasteiger partial charge is 0.381 e. The molecule has 0 radical (unpaired) electrons. The molecule has 5 heteroatoms. The van der Waals surface area contributed by atoms with Gasteiger partial charge in [0.1, 0.15) is 0 Å². The third-order valence-corrected chi connectivity index (χ3v) is 4.56. The number of hydrogen-bond acceptors (Lipinski definition) is 3. The van der Waals surface area contributed by atoms with Crippen LogP contribution >= 0.6 is 12.4 Å². The van der Waals surface area contributed by atoms with E-state index in [0.717, 1.165) is 45.3 Å². The molecule has 3 atom stereocenters. The second-order valence-corrected chi connectivity index (χ2v) is 6.64. The summed E-state index contributed by atoms with van der Waals surface area (Å²) < 4.78 is 5.40. The fraction of sp³-hybridized carbons (Fsp3) is 0.929. The van der Waals surface area contributed by atoms with E-state index in [1.54, 1.807) is 0 Å². The van der Waals surface area contributed by atoms with Crippen molar-refractivity contribution in [2.75, 3.05) is 19.8 Å². The van der Waals surface area contributed by atoms with Crippen LogP contribution in [0.15, 0.2) is 0 Å². The minimum Gasteiger partial charge on any atom is -0.381 e. The van der Waals surface area contributed by atoms with E-state index in [1.807, 2.05) is 6.92 Å². The van der Waals surface area contributed by atoms with Crippen LogP contribution in [0.3, 0.4) is 0 Å². The van der Waals surface area contributed by atoms with Crippen molar-refractivity contribution in [3.63, 3.8) is 0 Å². The number of nitrogens with two attached hydrogens (primary N) is 1.